The predicted octanol–water partition coefficient (Wildman–Crippen LogP) is 1.83. The highest BCUT2D eigenvalue weighted by Gasteiger charge is 2.11. The van der Waals surface area contributed by atoms with Crippen LogP contribution < -0.4 is 16.2 Å². The van der Waals surface area contributed by atoms with Crippen molar-refractivity contribution in [1.82, 2.24) is 4.98 Å². The lowest BCUT2D eigenvalue weighted by molar-refractivity contribution is 0.100. The first-order chi connectivity index (χ1) is 8.97. The Morgan fingerprint density at radius 3 is 2.63 bits per heavy atom. The lowest BCUT2D eigenvalue weighted by atomic mass is 10.2. The normalized spacial score (nSPS) is 10.2. The zero-order chi connectivity index (χ0) is 14.0. The molecule has 0 unspecified atom stereocenters. The van der Waals surface area contributed by atoms with Gasteiger partial charge in [0.1, 0.15) is 5.82 Å². The molecular formula is C12H9F2N3O2. The van der Waals surface area contributed by atoms with Crippen LogP contribution in [0.1, 0.15) is 10.4 Å². The summed E-state index contributed by atoms with van der Waals surface area (Å²) in [6.45, 7) is 0. The summed E-state index contributed by atoms with van der Waals surface area (Å²) >= 11 is 0. The molecule has 0 saturated heterocycles. The third-order valence-electron chi connectivity index (χ3n) is 2.28. The van der Waals surface area contributed by atoms with Crippen LogP contribution in [-0.4, -0.2) is 10.9 Å². The maximum absolute atomic E-state index is 13.4. The number of nitrogen functional groups attached to an aromatic ring is 1. The average molecular weight is 265 g/mol. The molecule has 1 amide bonds. The van der Waals surface area contributed by atoms with Gasteiger partial charge in [-0.15, -0.1) is 0 Å². The number of nitrogens with two attached hydrogens (primary N) is 2. The quantitative estimate of drug-likeness (QED) is 0.885. The third-order valence-corrected chi connectivity index (χ3v) is 2.28. The summed E-state index contributed by atoms with van der Waals surface area (Å²) in [7, 11) is 0. The van der Waals surface area contributed by atoms with Crippen molar-refractivity contribution < 1.29 is 18.3 Å². The van der Waals surface area contributed by atoms with Gasteiger partial charge in [-0.1, -0.05) is 0 Å². The number of hydrogen-bond acceptors (Lipinski definition) is 4. The van der Waals surface area contributed by atoms with Gasteiger partial charge in [0.05, 0.1) is 17.4 Å². The molecule has 4 N–H and O–H groups in total. The molecule has 0 spiro atoms. The van der Waals surface area contributed by atoms with E-state index in [9.17, 15) is 13.6 Å². The first-order valence-electron chi connectivity index (χ1n) is 5.15. The summed E-state index contributed by atoms with van der Waals surface area (Å²) in [6.07, 6.45) is 1.16. The number of nitrogens with zero attached hydrogens (tertiary/aromatic N) is 1. The van der Waals surface area contributed by atoms with E-state index in [1.165, 1.54) is 6.07 Å². The Balaban J connectivity index is 2.33. The maximum atomic E-state index is 13.4. The summed E-state index contributed by atoms with van der Waals surface area (Å²) in [5.74, 6) is -2.68. The molecule has 1 aromatic carbocycles. The van der Waals surface area contributed by atoms with Crippen LogP contribution in [0.15, 0.2) is 30.5 Å². The van der Waals surface area contributed by atoms with Crippen LogP contribution in [0.3, 0.4) is 0 Å². The number of carbonyl (C=O) groups is 1. The van der Waals surface area contributed by atoms with Gasteiger partial charge < -0.3 is 16.2 Å². The van der Waals surface area contributed by atoms with Crippen LogP contribution in [0.5, 0.6) is 11.6 Å². The molecule has 0 aliphatic rings. The molecule has 2 aromatic rings. The molecule has 7 heteroatoms. The van der Waals surface area contributed by atoms with Crippen molar-refractivity contribution in [3.63, 3.8) is 0 Å². The fraction of sp³-hybridized carbons (Fsp3) is 0. The Hall–Kier alpha value is -2.70. The Labute approximate surface area is 106 Å². The first kappa shape index (κ1) is 12.7. The molecule has 0 bridgehead atoms. The molecule has 0 aliphatic heterocycles. The van der Waals surface area contributed by atoms with E-state index in [0.29, 0.717) is 6.07 Å². The molecule has 19 heavy (non-hydrogen) atoms. The van der Waals surface area contributed by atoms with E-state index in [1.54, 1.807) is 0 Å². The minimum absolute atomic E-state index is 0.00696. The number of carbonyl (C=O) groups excluding carboxylic acids is 1. The van der Waals surface area contributed by atoms with Crippen molar-refractivity contribution in [3.8, 4) is 11.6 Å². The van der Waals surface area contributed by atoms with Crippen molar-refractivity contribution in [1.29, 1.82) is 0 Å². The fourth-order valence-corrected chi connectivity index (χ4v) is 1.39. The number of benzene rings is 1. The lowest BCUT2D eigenvalue weighted by Crippen LogP contribution is -2.14. The minimum atomic E-state index is -0.890. The second-order valence-corrected chi connectivity index (χ2v) is 3.65. The van der Waals surface area contributed by atoms with Gasteiger partial charge in [0.15, 0.2) is 11.6 Å². The van der Waals surface area contributed by atoms with E-state index in [-0.39, 0.29) is 22.9 Å². The molecule has 98 valence electrons. The van der Waals surface area contributed by atoms with Crippen LogP contribution in [0.2, 0.25) is 0 Å². The van der Waals surface area contributed by atoms with Crippen molar-refractivity contribution in [3.05, 3.63) is 47.7 Å². The summed E-state index contributed by atoms with van der Waals surface area (Å²) in [4.78, 5) is 14.8. The maximum Gasteiger partial charge on any atom is 0.251 e. The van der Waals surface area contributed by atoms with Gasteiger partial charge in [-0.3, -0.25) is 4.79 Å². The van der Waals surface area contributed by atoms with Crippen LogP contribution in [0, 0.1) is 11.6 Å². The summed E-state index contributed by atoms with van der Waals surface area (Å²) in [6, 6.07) is 3.99. The molecule has 0 saturated carbocycles. The Bertz CT molecular complexity index is 647. The number of anilines is 1. The molecule has 1 heterocycles. The molecule has 1 aromatic heterocycles. The second kappa shape index (κ2) is 4.89. The molecular weight excluding hydrogens is 256 g/mol. The summed E-state index contributed by atoms with van der Waals surface area (Å²) < 4.78 is 31.2. The van der Waals surface area contributed by atoms with Gasteiger partial charge >= 0.3 is 0 Å². The van der Waals surface area contributed by atoms with Crippen molar-refractivity contribution >= 4 is 11.6 Å². The molecule has 0 fully saturated rings. The summed E-state index contributed by atoms with van der Waals surface area (Å²) in [5, 5.41) is 0. The van der Waals surface area contributed by atoms with Crippen LogP contribution in [0.4, 0.5) is 14.5 Å². The number of aromatic nitrogens is 1. The Morgan fingerprint density at radius 2 is 2.00 bits per heavy atom. The summed E-state index contributed by atoms with van der Waals surface area (Å²) in [5.41, 5.74) is 10.7. The Morgan fingerprint density at radius 1 is 1.26 bits per heavy atom. The second-order valence-electron chi connectivity index (χ2n) is 3.65. The minimum Gasteiger partial charge on any atom is -0.436 e. The van der Waals surface area contributed by atoms with Gasteiger partial charge in [0.2, 0.25) is 5.88 Å². The predicted molar refractivity (Wildman–Crippen MR) is 63.6 cm³/mol. The van der Waals surface area contributed by atoms with E-state index in [1.807, 2.05) is 0 Å². The SMILES string of the molecule is NC(=O)c1cc(Oc2ccc(F)cc2F)ncc1N. The molecule has 5 nitrogen and oxygen atoms in total. The van der Waals surface area contributed by atoms with Gasteiger partial charge in [0, 0.05) is 12.1 Å². The standard InChI is InChI=1S/C12H9F2N3O2/c13-6-1-2-10(8(14)3-6)19-11-4-7(12(16)18)9(15)5-17-11/h1-5H,15H2,(H2,16,18). The zero-order valence-corrected chi connectivity index (χ0v) is 9.56. The average Bonchev–Trinajstić information content (AvgIpc) is 2.34. The van der Waals surface area contributed by atoms with Crippen molar-refractivity contribution in [2.45, 2.75) is 0 Å². The highest BCUT2D eigenvalue weighted by molar-refractivity contribution is 5.98. The van der Waals surface area contributed by atoms with Crippen LogP contribution in [0.25, 0.3) is 0 Å². The van der Waals surface area contributed by atoms with Gasteiger partial charge in [-0.05, 0) is 12.1 Å². The van der Waals surface area contributed by atoms with E-state index >= 15 is 0 Å². The van der Waals surface area contributed by atoms with Gasteiger partial charge in [-0.25, -0.2) is 13.8 Å². The number of halogens is 2. The Kier molecular flexibility index (Phi) is 3.28. The number of amides is 1. The number of ether oxygens (including phenoxy) is 1. The van der Waals surface area contributed by atoms with E-state index in [4.69, 9.17) is 16.2 Å². The highest BCUT2D eigenvalue weighted by atomic mass is 19.1. The fourth-order valence-electron chi connectivity index (χ4n) is 1.39. The van der Waals surface area contributed by atoms with E-state index in [2.05, 4.69) is 4.98 Å². The molecule has 0 radical (unpaired) electrons. The van der Waals surface area contributed by atoms with Crippen molar-refractivity contribution in [2.24, 2.45) is 5.73 Å². The number of rotatable bonds is 3. The van der Waals surface area contributed by atoms with E-state index in [0.717, 1.165) is 18.3 Å². The molecule has 0 aliphatic carbocycles. The smallest absolute Gasteiger partial charge is 0.251 e. The molecule has 0 atom stereocenters. The zero-order valence-electron chi connectivity index (χ0n) is 9.56. The third kappa shape index (κ3) is 2.76. The van der Waals surface area contributed by atoms with Gasteiger partial charge in [-0.2, -0.15) is 0 Å². The van der Waals surface area contributed by atoms with Gasteiger partial charge in [0.25, 0.3) is 5.91 Å². The lowest BCUT2D eigenvalue weighted by Gasteiger charge is -2.07. The van der Waals surface area contributed by atoms with E-state index < -0.39 is 17.5 Å². The van der Waals surface area contributed by atoms with Crippen LogP contribution in [-0.2, 0) is 0 Å². The number of primary amides is 1. The topological polar surface area (TPSA) is 91.2 Å². The van der Waals surface area contributed by atoms with Crippen LogP contribution >= 0.6 is 0 Å². The number of hydrogen-bond donors (Lipinski definition) is 2. The largest absolute Gasteiger partial charge is 0.436 e. The number of pyridine rings is 1. The molecule has 2 rings (SSSR count). The highest BCUT2D eigenvalue weighted by Crippen LogP contribution is 2.25. The monoisotopic (exact) mass is 265 g/mol. The van der Waals surface area contributed by atoms with Crippen molar-refractivity contribution in [2.75, 3.05) is 5.73 Å². The first-order valence-corrected chi connectivity index (χ1v) is 5.15.